The van der Waals surface area contributed by atoms with Crippen molar-refractivity contribution >= 4 is 10.0 Å². The lowest BCUT2D eigenvalue weighted by Gasteiger charge is -2.24. The molecule has 0 spiro atoms. The number of rotatable bonds is 3. The van der Waals surface area contributed by atoms with Crippen molar-refractivity contribution in [3.8, 4) is 0 Å². The second-order valence-electron chi connectivity index (χ2n) is 5.31. The van der Waals surface area contributed by atoms with Crippen LogP contribution in [-0.4, -0.2) is 24.3 Å². The Morgan fingerprint density at radius 2 is 2.14 bits per heavy atom. The predicted octanol–water partition coefficient (Wildman–Crippen LogP) is 2.99. The van der Waals surface area contributed by atoms with Crippen molar-refractivity contribution < 1.29 is 12.8 Å². The van der Waals surface area contributed by atoms with E-state index in [1.54, 1.807) is 13.1 Å². The first-order valence-electron chi connectivity index (χ1n) is 6.91. The van der Waals surface area contributed by atoms with Gasteiger partial charge in [0.05, 0.1) is 10.9 Å². The van der Waals surface area contributed by atoms with Crippen LogP contribution in [0.15, 0.2) is 41.4 Å². The van der Waals surface area contributed by atoms with E-state index < -0.39 is 15.8 Å². The molecular formula is C15H17FN2O2S. The summed E-state index contributed by atoms with van der Waals surface area (Å²) in [6, 6.07) is 7.39. The summed E-state index contributed by atoms with van der Waals surface area (Å²) < 4.78 is 40.4. The van der Waals surface area contributed by atoms with Gasteiger partial charge in [-0.25, -0.2) is 12.8 Å². The van der Waals surface area contributed by atoms with Crippen LogP contribution < -0.4 is 0 Å². The number of aromatic nitrogens is 1. The molecule has 2 aromatic rings. The van der Waals surface area contributed by atoms with Crippen LogP contribution in [0.5, 0.6) is 0 Å². The van der Waals surface area contributed by atoms with Gasteiger partial charge in [0.25, 0.3) is 0 Å². The van der Waals surface area contributed by atoms with Crippen molar-refractivity contribution in [2.75, 3.05) is 6.54 Å². The summed E-state index contributed by atoms with van der Waals surface area (Å²) in [7, 11) is -3.61. The minimum absolute atomic E-state index is 0.172. The highest BCUT2D eigenvalue weighted by Gasteiger charge is 2.37. The van der Waals surface area contributed by atoms with E-state index in [1.165, 1.54) is 22.5 Å². The van der Waals surface area contributed by atoms with Crippen LogP contribution in [-0.2, 0) is 10.0 Å². The molecule has 1 fully saturated rings. The number of benzene rings is 1. The van der Waals surface area contributed by atoms with E-state index >= 15 is 0 Å². The zero-order valence-corrected chi connectivity index (χ0v) is 12.5. The zero-order valence-electron chi connectivity index (χ0n) is 11.7. The molecule has 1 aromatic heterocycles. The van der Waals surface area contributed by atoms with Crippen LogP contribution >= 0.6 is 0 Å². The summed E-state index contributed by atoms with van der Waals surface area (Å²) in [6.07, 6.45) is 3.41. The number of sulfonamides is 1. The van der Waals surface area contributed by atoms with E-state index in [0.717, 1.165) is 18.5 Å². The Labute approximate surface area is 123 Å². The van der Waals surface area contributed by atoms with E-state index in [4.69, 9.17) is 0 Å². The van der Waals surface area contributed by atoms with Gasteiger partial charge in [0, 0.05) is 18.4 Å². The van der Waals surface area contributed by atoms with Gasteiger partial charge in [-0.2, -0.15) is 4.31 Å². The quantitative estimate of drug-likeness (QED) is 0.947. The fourth-order valence-electron chi connectivity index (χ4n) is 2.92. The van der Waals surface area contributed by atoms with Crippen molar-refractivity contribution in [3.05, 3.63) is 53.6 Å². The molecule has 0 amide bonds. The zero-order chi connectivity index (χ0) is 15.0. The maximum atomic E-state index is 13.2. The van der Waals surface area contributed by atoms with Crippen LogP contribution in [0.3, 0.4) is 0 Å². The average Bonchev–Trinajstić information content (AvgIpc) is 3.09. The number of aromatic amines is 1. The van der Waals surface area contributed by atoms with E-state index in [1.807, 2.05) is 12.1 Å². The minimum Gasteiger partial charge on any atom is -0.364 e. The smallest absolute Gasteiger partial charge is 0.243 e. The van der Waals surface area contributed by atoms with Gasteiger partial charge in [0.2, 0.25) is 10.0 Å². The average molecular weight is 308 g/mol. The predicted molar refractivity (Wildman–Crippen MR) is 77.8 cm³/mol. The molecule has 1 saturated heterocycles. The fourth-order valence-corrected chi connectivity index (χ4v) is 4.80. The van der Waals surface area contributed by atoms with E-state index in [0.29, 0.717) is 12.1 Å². The molecule has 4 nitrogen and oxygen atoms in total. The van der Waals surface area contributed by atoms with Crippen LogP contribution in [0.4, 0.5) is 4.39 Å². The standard InChI is InChI=1S/C15H17FN2O2S/c1-11-10-12(16)6-7-15(11)21(19,20)18-9-3-5-14(18)13-4-2-8-17-13/h2,4,6-8,10,14,17H,3,5,9H2,1H3. The molecule has 0 bridgehead atoms. The lowest BCUT2D eigenvalue weighted by molar-refractivity contribution is 0.391. The van der Waals surface area contributed by atoms with Crippen molar-refractivity contribution in [3.63, 3.8) is 0 Å². The molecular weight excluding hydrogens is 291 g/mol. The second-order valence-corrected chi connectivity index (χ2v) is 7.17. The lowest BCUT2D eigenvalue weighted by Crippen LogP contribution is -2.31. The van der Waals surface area contributed by atoms with Gasteiger partial charge < -0.3 is 4.98 Å². The molecule has 0 aliphatic carbocycles. The Balaban J connectivity index is 2.01. The minimum atomic E-state index is -3.61. The van der Waals surface area contributed by atoms with Gasteiger partial charge in [-0.1, -0.05) is 0 Å². The molecule has 1 aliphatic rings. The van der Waals surface area contributed by atoms with Crippen molar-refractivity contribution in [2.45, 2.75) is 30.7 Å². The summed E-state index contributed by atoms with van der Waals surface area (Å²) in [5, 5.41) is 0. The first-order chi connectivity index (χ1) is 10.00. The van der Waals surface area contributed by atoms with Gasteiger partial charge in [-0.15, -0.1) is 0 Å². The maximum Gasteiger partial charge on any atom is 0.243 e. The fraction of sp³-hybridized carbons (Fsp3) is 0.333. The number of aryl methyl sites for hydroxylation is 1. The monoisotopic (exact) mass is 308 g/mol. The molecule has 1 aromatic carbocycles. The summed E-state index contributed by atoms with van der Waals surface area (Å²) in [5.74, 6) is -0.422. The Morgan fingerprint density at radius 1 is 1.33 bits per heavy atom. The van der Waals surface area contributed by atoms with Gasteiger partial charge in [-0.3, -0.25) is 0 Å². The van der Waals surface area contributed by atoms with Crippen molar-refractivity contribution in [1.82, 2.24) is 9.29 Å². The summed E-state index contributed by atoms with van der Waals surface area (Å²) in [5.41, 5.74) is 1.34. The Morgan fingerprint density at radius 3 is 2.81 bits per heavy atom. The first-order valence-corrected chi connectivity index (χ1v) is 8.35. The Hall–Kier alpha value is -1.66. The molecule has 1 N–H and O–H groups in total. The Bertz CT molecular complexity index is 741. The number of hydrogen-bond donors (Lipinski definition) is 1. The molecule has 1 unspecified atom stereocenters. The van der Waals surface area contributed by atoms with E-state index in [9.17, 15) is 12.8 Å². The Kier molecular flexibility index (Phi) is 3.59. The van der Waals surface area contributed by atoms with Gasteiger partial charge in [-0.05, 0) is 55.7 Å². The lowest BCUT2D eigenvalue weighted by atomic mass is 10.2. The number of nitrogens with zero attached hydrogens (tertiary/aromatic N) is 1. The third-order valence-corrected chi connectivity index (χ3v) is 5.98. The highest BCUT2D eigenvalue weighted by molar-refractivity contribution is 7.89. The number of hydrogen-bond acceptors (Lipinski definition) is 2. The summed E-state index contributed by atoms with van der Waals surface area (Å²) in [4.78, 5) is 3.27. The van der Waals surface area contributed by atoms with Gasteiger partial charge >= 0.3 is 0 Å². The maximum absolute atomic E-state index is 13.2. The highest BCUT2D eigenvalue weighted by Crippen LogP contribution is 2.36. The molecule has 1 aliphatic heterocycles. The largest absolute Gasteiger partial charge is 0.364 e. The summed E-state index contributed by atoms with van der Waals surface area (Å²) in [6.45, 7) is 2.11. The second kappa shape index (κ2) is 5.27. The first kappa shape index (κ1) is 14.3. The normalized spacial score (nSPS) is 20.0. The molecule has 1 atom stereocenters. The number of nitrogens with one attached hydrogen (secondary N) is 1. The molecule has 0 radical (unpaired) electrons. The SMILES string of the molecule is Cc1cc(F)ccc1S(=O)(=O)N1CCCC1c1ccc[nH]1. The van der Waals surface area contributed by atoms with E-state index in [2.05, 4.69) is 4.98 Å². The number of H-pyrrole nitrogens is 1. The van der Waals surface area contributed by atoms with Crippen molar-refractivity contribution in [1.29, 1.82) is 0 Å². The van der Waals surface area contributed by atoms with Crippen LogP contribution in [0.2, 0.25) is 0 Å². The van der Waals surface area contributed by atoms with Gasteiger partial charge in [0.15, 0.2) is 0 Å². The number of halogens is 1. The highest BCUT2D eigenvalue weighted by atomic mass is 32.2. The van der Waals surface area contributed by atoms with E-state index in [-0.39, 0.29) is 10.9 Å². The van der Waals surface area contributed by atoms with Crippen LogP contribution in [0.1, 0.15) is 30.1 Å². The molecule has 21 heavy (non-hydrogen) atoms. The van der Waals surface area contributed by atoms with Gasteiger partial charge in [0.1, 0.15) is 5.82 Å². The van der Waals surface area contributed by atoms with Crippen molar-refractivity contribution in [2.24, 2.45) is 0 Å². The molecule has 6 heteroatoms. The topological polar surface area (TPSA) is 53.2 Å². The van der Waals surface area contributed by atoms with Crippen LogP contribution in [0.25, 0.3) is 0 Å². The third kappa shape index (κ3) is 2.49. The molecule has 2 heterocycles. The summed E-state index contributed by atoms with van der Waals surface area (Å²) >= 11 is 0. The third-order valence-electron chi connectivity index (χ3n) is 3.91. The molecule has 0 saturated carbocycles. The molecule has 112 valence electrons. The van der Waals surface area contributed by atoms with Crippen LogP contribution in [0, 0.1) is 12.7 Å². The molecule has 3 rings (SSSR count).